The number of hydrogen-bond acceptors (Lipinski definition) is 5. The first-order chi connectivity index (χ1) is 7.00. The summed E-state index contributed by atoms with van der Waals surface area (Å²) in [5.41, 5.74) is 0. The minimum Gasteiger partial charge on any atom is -0.307 e. The fourth-order valence-electron chi connectivity index (χ4n) is 0.801. The lowest BCUT2D eigenvalue weighted by Crippen LogP contribution is -2.09. The van der Waals surface area contributed by atoms with Crippen molar-refractivity contribution in [3.8, 4) is 6.07 Å². The quantitative estimate of drug-likeness (QED) is 0.537. The lowest BCUT2D eigenvalue weighted by atomic mass is 10.7. The SMILES string of the molecule is CCOP(=O)(OCC)[C@@H](C#N)N=C(Br)Br. The molecule has 15 heavy (non-hydrogen) atoms. The fourth-order valence-corrected chi connectivity index (χ4v) is 3.00. The molecule has 0 aromatic carbocycles. The van der Waals surface area contributed by atoms with E-state index in [4.69, 9.17) is 14.3 Å². The molecule has 86 valence electrons. The predicted molar refractivity (Wildman–Crippen MR) is 65.5 cm³/mol. The Balaban J connectivity index is 4.96. The van der Waals surface area contributed by atoms with Crippen molar-refractivity contribution in [2.75, 3.05) is 13.2 Å². The maximum absolute atomic E-state index is 12.1. The molecule has 0 saturated carbocycles. The van der Waals surface area contributed by atoms with Crippen LogP contribution in [0.4, 0.5) is 0 Å². The third-order valence-corrected chi connectivity index (χ3v) is 3.73. The van der Waals surface area contributed by atoms with Gasteiger partial charge < -0.3 is 9.05 Å². The van der Waals surface area contributed by atoms with Gasteiger partial charge in [0, 0.05) is 0 Å². The molecule has 0 aliphatic heterocycles. The summed E-state index contributed by atoms with van der Waals surface area (Å²) in [5.74, 6) is -1.16. The highest BCUT2D eigenvalue weighted by molar-refractivity contribution is 9.39. The van der Waals surface area contributed by atoms with E-state index in [2.05, 4.69) is 36.9 Å². The molecule has 5 nitrogen and oxygen atoms in total. The molecule has 0 unspecified atom stereocenters. The van der Waals surface area contributed by atoms with Crippen LogP contribution >= 0.6 is 39.5 Å². The smallest absolute Gasteiger partial charge is 0.307 e. The minimum atomic E-state index is -3.49. The van der Waals surface area contributed by atoms with Crippen molar-refractivity contribution in [3.05, 3.63) is 0 Å². The van der Waals surface area contributed by atoms with Crippen LogP contribution in [0.5, 0.6) is 0 Å². The molecule has 0 saturated heterocycles. The third-order valence-electron chi connectivity index (χ3n) is 1.25. The molecule has 0 aromatic rings. The molecule has 0 fully saturated rings. The number of rotatable bonds is 6. The van der Waals surface area contributed by atoms with Crippen molar-refractivity contribution in [1.29, 1.82) is 5.26 Å². The number of halogens is 2. The standard InChI is InChI=1S/C7H11Br2N2O3P/c1-3-13-15(12,14-4-2)6(5-10)11-7(8)9/h6H,3-4H2,1-2H3/t6-/m0/s1. The molecule has 0 radical (unpaired) electrons. The molecule has 8 heteroatoms. The van der Waals surface area contributed by atoms with Crippen molar-refractivity contribution >= 4 is 43.0 Å². The van der Waals surface area contributed by atoms with E-state index in [0.29, 0.717) is 3.53 Å². The predicted octanol–water partition coefficient (Wildman–Crippen LogP) is 3.25. The van der Waals surface area contributed by atoms with E-state index in [1.54, 1.807) is 19.9 Å². The average Bonchev–Trinajstić information content (AvgIpc) is 2.14. The summed E-state index contributed by atoms with van der Waals surface area (Å²) in [5, 5.41) is 8.83. The maximum Gasteiger partial charge on any atom is 0.369 e. The van der Waals surface area contributed by atoms with Crippen LogP contribution in [-0.2, 0) is 13.6 Å². The van der Waals surface area contributed by atoms with E-state index in [0.717, 1.165) is 0 Å². The lowest BCUT2D eigenvalue weighted by molar-refractivity contribution is 0.216. The summed E-state index contributed by atoms with van der Waals surface area (Å²) < 4.78 is 22.3. The summed E-state index contributed by atoms with van der Waals surface area (Å²) in [6, 6.07) is 1.78. The second-order valence-electron chi connectivity index (χ2n) is 2.25. The molecular formula is C7H11Br2N2O3P. The normalized spacial score (nSPS) is 13.0. The van der Waals surface area contributed by atoms with Gasteiger partial charge in [-0.1, -0.05) is 0 Å². The molecule has 0 amide bonds. The Morgan fingerprint density at radius 2 is 1.93 bits per heavy atom. The minimum absolute atomic E-state index is 0.199. The number of nitriles is 1. The van der Waals surface area contributed by atoms with E-state index in [1.165, 1.54) is 0 Å². The Kier molecular flexibility index (Phi) is 7.66. The third kappa shape index (κ3) is 5.23. The van der Waals surface area contributed by atoms with Crippen LogP contribution in [0.2, 0.25) is 0 Å². The highest BCUT2D eigenvalue weighted by atomic mass is 79.9. The zero-order valence-electron chi connectivity index (χ0n) is 8.31. The molecule has 0 spiro atoms. The second-order valence-corrected chi connectivity index (χ2v) is 6.90. The average molecular weight is 362 g/mol. The van der Waals surface area contributed by atoms with Gasteiger partial charge in [-0.25, -0.2) is 4.99 Å². The van der Waals surface area contributed by atoms with Gasteiger partial charge in [-0.15, -0.1) is 0 Å². The molecule has 1 atom stereocenters. The Labute approximate surface area is 106 Å². The number of aliphatic imine (C=N–C) groups is 1. The first-order valence-corrected chi connectivity index (χ1v) is 7.37. The largest absolute Gasteiger partial charge is 0.369 e. The topological polar surface area (TPSA) is 71.7 Å². The molecular weight excluding hydrogens is 351 g/mol. The first kappa shape index (κ1) is 15.3. The van der Waals surface area contributed by atoms with Crippen LogP contribution in [0.15, 0.2) is 4.99 Å². The van der Waals surface area contributed by atoms with Crippen molar-refractivity contribution in [3.63, 3.8) is 0 Å². The van der Waals surface area contributed by atoms with Crippen LogP contribution in [-0.4, -0.2) is 22.5 Å². The second kappa shape index (κ2) is 7.53. The van der Waals surface area contributed by atoms with Gasteiger partial charge in [-0.05, 0) is 45.7 Å². The van der Waals surface area contributed by atoms with Crippen LogP contribution in [0.1, 0.15) is 13.8 Å². The van der Waals surface area contributed by atoms with Crippen molar-refractivity contribution in [2.45, 2.75) is 19.6 Å². The summed E-state index contributed by atoms with van der Waals surface area (Å²) in [7, 11) is -3.49. The lowest BCUT2D eigenvalue weighted by Gasteiger charge is -2.18. The molecule has 0 bridgehead atoms. The molecule has 0 aromatic heterocycles. The zero-order valence-corrected chi connectivity index (χ0v) is 12.4. The first-order valence-electron chi connectivity index (χ1n) is 4.17. The van der Waals surface area contributed by atoms with E-state index in [-0.39, 0.29) is 13.2 Å². The molecule has 0 aliphatic rings. The number of nitrogens with zero attached hydrogens (tertiary/aromatic N) is 2. The van der Waals surface area contributed by atoms with Crippen molar-refractivity contribution in [1.82, 2.24) is 0 Å². The van der Waals surface area contributed by atoms with Gasteiger partial charge in [0.05, 0.1) is 13.2 Å². The fraction of sp³-hybridized carbons (Fsp3) is 0.714. The maximum atomic E-state index is 12.1. The van der Waals surface area contributed by atoms with Gasteiger partial charge in [0.1, 0.15) is 9.60 Å². The van der Waals surface area contributed by atoms with Crippen LogP contribution in [0.25, 0.3) is 0 Å². The molecule has 0 aliphatic carbocycles. The molecule has 0 heterocycles. The Morgan fingerprint density at radius 3 is 2.20 bits per heavy atom. The van der Waals surface area contributed by atoms with Crippen LogP contribution in [0, 0.1) is 11.3 Å². The van der Waals surface area contributed by atoms with Gasteiger partial charge in [0.2, 0.25) is 5.78 Å². The van der Waals surface area contributed by atoms with Gasteiger partial charge >= 0.3 is 7.60 Å². The van der Waals surface area contributed by atoms with Gasteiger partial charge in [-0.2, -0.15) is 5.26 Å². The summed E-state index contributed by atoms with van der Waals surface area (Å²) in [6.45, 7) is 3.75. The Hall–Kier alpha value is 0.270. The monoisotopic (exact) mass is 360 g/mol. The van der Waals surface area contributed by atoms with Crippen LogP contribution in [0.3, 0.4) is 0 Å². The van der Waals surface area contributed by atoms with Gasteiger partial charge in [0.15, 0.2) is 0 Å². The summed E-state index contributed by atoms with van der Waals surface area (Å²) >= 11 is 5.99. The van der Waals surface area contributed by atoms with Crippen LogP contribution < -0.4 is 0 Å². The zero-order chi connectivity index (χ0) is 11.9. The van der Waals surface area contributed by atoms with Crippen molar-refractivity contribution in [2.24, 2.45) is 4.99 Å². The highest BCUT2D eigenvalue weighted by Gasteiger charge is 2.35. The van der Waals surface area contributed by atoms with E-state index < -0.39 is 13.4 Å². The highest BCUT2D eigenvalue weighted by Crippen LogP contribution is 2.53. The summed E-state index contributed by atoms with van der Waals surface area (Å²) in [4.78, 5) is 3.78. The molecule has 0 N–H and O–H groups in total. The number of hydrogen-bond donors (Lipinski definition) is 0. The van der Waals surface area contributed by atoms with E-state index in [1.807, 2.05) is 0 Å². The van der Waals surface area contributed by atoms with Gasteiger partial charge in [-0.3, -0.25) is 4.57 Å². The van der Waals surface area contributed by atoms with E-state index in [9.17, 15) is 4.57 Å². The van der Waals surface area contributed by atoms with Gasteiger partial charge in [0.25, 0.3) is 0 Å². The summed E-state index contributed by atoms with van der Waals surface area (Å²) in [6.07, 6.45) is 0. The van der Waals surface area contributed by atoms with Crippen molar-refractivity contribution < 1.29 is 13.6 Å². The van der Waals surface area contributed by atoms with E-state index >= 15 is 0 Å². The Morgan fingerprint density at radius 1 is 1.47 bits per heavy atom. The Bertz CT molecular complexity index is 302. The molecule has 0 rings (SSSR count).